The van der Waals surface area contributed by atoms with Crippen LogP contribution in [-0.2, 0) is 4.79 Å². The van der Waals surface area contributed by atoms with Crippen LogP contribution in [0.1, 0.15) is 22.8 Å². The molecular formula is C24H20ClN3O7. The largest absolute Gasteiger partial charge is 0.490 e. The smallest absolute Gasteiger partial charge is 0.345 e. The van der Waals surface area contributed by atoms with Crippen molar-refractivity contribution < 1.29 is 28.7 Å². The van der Waals surface area contributed by atoms with Gasteiger partial charge in [-0.2, -0.15) is 5.10 Å². The predicted molar refractivity (Wildman–Crippen MR) is 128 cm³/mol. The number of hydrogen-bond donors (Lipinski definition) is 1. The number of hydrogen-bond acceptors (Lipinski definition) is 8. The van der Waals surface area contributed by atoms with E-state index in [1.54, 1.807) is 49.4 Å². The van der Waals surface area contributed by atoms with Crippen LogP contribution in [-0.4, -0.2) is 36.2 Å². The van der Waals surface area contributed by atoms with Crippen molar-refractivity contribution in [3.05, 3.63) is 93.0 Å². The highest BCUT2D eigenvalue weighted by atomic mass is 35.5. The zero-order chi connectivity index (χ0) is 25.2. The molecule has 0 aliphatic heterocycles. The van der Waals surface area contributed by atoms with Gasteiger partial charge in [0.25, 0.3) is 11.6 Å². The number of nitrogens with one attached hydrogen (secondary N) is 1. The van der Waals surface area contributed by atoms with Gasteiger partial charge in [0, 0.05) is 12.1 Å². The van der Waals surface area contributed by atoms with E-state index in [4.69, 9.17) is 25.8 Å². The molecular weight excluding hydrogens is 478 g/mol. The zero-order valence-corrected chi connectivity index (χ0v) is 19.2. The third-order valence-electron chi connectivity index (χ3n) is 4.38. The lowest BCUT2D eigenvalue weighted by Gasteiger charge is -2.12. The van der Waals surface area contributed by atoms with E-state index >= 15 is 0 Å². The Bertz CT molecular complexity index is 1250. The number of carbonyl (C=O) groups is 2. The molecule has 10 nitrogen and oxygen atoms in total. The second-order valence-corrected chi connectivity index (χ2v) is 7.25. The molecule has 0 radical (unpaired) electrons. The number of hydrazone groups is 1. The number of rotatable bonds is 10. The summed E-state index contributed by atoms with van der Waals surface area (Å²) in [6, 6.07) is 16.6. The summed E-state index contributed by atoms with van der Waals surface area (Å²) in [6.07, 6.45) is 1.38. The van der Waals surface area contributed by atoms with Crippen LogP contribution in [0.15, 0.2) is 71.8 Å². The van der Waals surface area contributed by atoms with Crippen molar-refractivity contribution in [2.24, 2.45) is 5.10 Å². The molecule has 180 valence electrons. The van der Waals surface area contributed by atoms with Crippen LogP contribution < -0.4 is 19.6 Å². The van der Waals surface area contributed by atoms with Crippen LogP contribution >= 0.6 is 11.6 Å². The number of halogens is 1. The summed E-state index contributed by atoms with van der Waals surface area (Å²) in [5, 5.41) is 14.8. The number of esters is 1. The molecule has 0 atom stereocenters. The topological polar surface area (TPSA) is 129 Å². The summed E-state index contributed by atoms with van der Waals surface area (Å²) in [5.74, 6) is -0.342. The van der Waals surface area contributed by atoms with Gasteiger partial charge in [0.2, 0.25) is 0 Å². The number of non-ortho nitro benzene ring substituents is 1. The van der Waals surface area contributed by atoms with E-state index in [-0.39, 0.29) is 28.6 Å². The minimum atomic E-state index is -0.627. The van der Waals surface area contributed by atoms with Gasteiger partial charge in [-0.15, -0.1) is 0 Å². The van der Waals surface area contributed by atoms with Gasteiger partial charge in [0.15, 0.2) is 18.1 Å². The quantitative estimate of drug-likeness (QED) is 0.144. The Hall–Kier alpha value is -4.44. The molecule has 0 bridgehead atoms. The predicted octanol–water partition coefficient (Wildman–Crippen LogP) is 4.40. The lowest BCUT2D eigenvalue weighted by molar-refractivity contribution is -0.384. The average molecular weight is 498 g/mol. The third kappa shape index (κ3) is 7.27. The molecule has 1 amide bonds. The zero-order valence-electron chi connectivity index (χ0n) is 18.5. The van der Waals surface area contributed by atoms with Crippen molar-refractivity contribution in [2.75, 3.05) is 13.2 Å². The molecule has 1 N–H and O–H groups in total. The van der Waals surface area contributed by atoms with Gasteiger partial charge in [0.05, 0.1) is 28.3 Å². The van der Waals surface area contributed by atoms with Crippen LogP contribution in [0.2, 0.25) is 5.02 Å². The van der Waals surface area contributed by atoms with Crippen LogP contribution in [0, 0.1) is 10.1 Å². The summed E-state index contributed by atoms with van der Waals surface area (Å²) in [6.45, 7) is 1.77. The monoisotopic (exact) mass is 497 g/mol. The maximum Gasteiger partial charge on any atom is 0.345 e. The average Bonchev–Trinajstić information content (AvgIpc) is 2.85. The summed E-state index contributed by atoms with van der Waals surface area (Å²) >= 11 is 6.05. The Labute approximate surface area is 205 Å². The van der Waals surface area contributed by atoms with E-state index in [1.165, 1.54) is 30.5 Å². The normalized spacial score (nSPS) is 10.6. The summed E-state index contributed by atoms with van der Waals surface area (Å²) in [7, 11) is 0. The molecule has 0 heterocycles. The molecule has 0 saturated carbocycles. The fourth-order valence-electron chi connectivity index (χ4n) is 2.76. The Morgan fingerprint density at radius 1 is 1.06 bits per heavy atom. The Kier molecular flexibility index (Phi) is 8.74. The highest BCUT2D eigenvalue weighted by Gasteiger charge is 2.15. The lowest BCUT2D eigenvalue weighted by Crippen LogP contribution is -2.24. The number of benzene rings is 3. The highest BCUT2D eigenvalue weighted by molar-refractivity contribution is 6.33. The second-order valence-electron chi connectivity index (χ2n) is 6.84. The standard InChI is InChI=1S/C24H20ClN3O7/c1-2-33-22-13-16(7-12-21(22)35-24(30)19-5-3-4-6-20(19)25)14-26-27-23(29)15-34-18-10-8-17(9-11-18)28(31)32/h3-14H,2,15H2,1H3,(H,27,29)/b26-14-. The minimum Gasteiger partial charge on any atom is -0.490 e. The molecule has 3 rings (SSSR count). The number of carbonyl (C=O) groups excluding carboxylic acids is 2. The van der Waals surface area contributed by atoms with Crippen molar-refractivity contribution in [1.82, 2.24) is 5.43 Å². The van der Waals surface area contributed by atoms with E-state index in [1.807, 2.05) is 0 Å². The van der Waals surface area contributed by atoms with E-state index in [9.17, 15) is 19.7 Å². The van der Waals surface area contributed by atoms with Gasteiger partial charge < -0.3 is 14.2 Å². The fraction of sp³-hybridized carbons (Fsp3) is 0.125. The molecule has 0 fully saturated rings. The first kappa shape index (κ1) is 25.2. The van der Waals surface area contributed by atoms with E-state index < -0.39 is 16.8 Å². The number of amides is 1. The SMILES string of the molecule is CCOc1cc(/C=N\NC(=O)COc2ccc([N+](=O)[O-])cc2)ccc1OC(=O)c1ccccc1Cl. The van der Waals surface area contributed by atoms with Gasteiger partial charge in [-0.05, 0) is 55.0 Å². The molecule has 0 aromatic heterocycles. The van der Waals surface area contributed by atoms with Gasteiger partial charge in [-0.1, -0.05) is 23.7 Å². The summed E-state index contributed by atoms with van der Waals surface area (Å²) in [4.78, 5) is 34.5. The molecule has 0 saturated heterocycles. The van der Waals surface area contributed by atoms with E-state index in [0.717, 1.165) is 0 Å². The molecule has 11 heteroatoms. The fourth-order valence-corrected chi connectivity index (χ4v) is 2.98. The molecule has 0 unspecified atom stereocenters. The number of ether oxygens (including phenoxy) is 3. The van der Waals surface area contributed by atoms with Crippen molar-refractivity contribution in [2.45, 2.75) is 6.92 Å². The van der Waals surface area contributed by atoms with Crippen LogP contribution in [0.25, 0.3) is 0 Å². The van der Waals surface area contributed by atoms with Gasteiger partial charge in [-0.25, -0.2) is 10.2 Å². The molecule has 0 spiro atoms. The first-order valence-corrected chi connectivity index (χ1v) is 10.7. The number of nitro groups is 1. The molecule has 0 aliphatic rings. The lowest BCUT2D eigenvalue weighted by atomic mass is 10.2. The van der Waals surface area contributed by atoms with Crippen LogP contribution in [0.4, 0.5) is 5.69 Å². The molecule has 35 heavy (non-hydrogen) atoms. The first-order valence-electron chi connectivity index (χ1n) is 10.3. The number of nitro benzene ring substituents is 1. The second kappa shape index (κ2) is 12.1. The molecule has 0 aliphatic carbocycles. The Morgan fingerprint density at radius 2 is 1.80 bits per heavy atom. The van der Waals surface area contributed by atoms with Crippen LogP contribution in [0.3, 0.4) is 0 Å². The molecule has 3 aromatic rings. The Balaban J connectivity index is 1.58. The maximum absolute atomic E-state index is 12.5. The summed E-state index contributed by atoms with van der Waals surface area (Å²) in [5.41, 5.74) is 3.03. The maximum atomic E-state index is 12.5. The third-order valence-corrected chi connectivity index (χ3v) is 4.71. The Morgan fingerprint density at radius 3 is 2.49 bits per heavy atom. The van der Waals surface area contributed by atoms with Crippen LogP contribution in [0.5, 0.6) is 17.2 Å². The van der Waals surface area contributed by atoms with Crippen molar-refractivity contribution in [3.63, 3.8) is 0 Å². The van der Waals surface area contributed by atoms with Gasteiger partial charge >= 0.3 is 5.97 Å². The molecule has 3 aromatic carbocycles. The van der Waals surface area contributed by atoms with Crippen molar-refractivity contribution in [3.8, 4) is 17.2 Å². The number of nitrogens with zero attached hydrogens (tertiary/aromatic N) is 2. The summed E-state index contributed by atoms with van der Waals surface area (Å²) < 4.78 is 16.3. The highest BCUT2D eigenvalue weighted by Crippen LogP contribution is 2.29. The first-order chi connectivity index (χ1) is 16.9. The van der Waals surface area contributed by atoms with Crippen molar-refractivity contribution >= 4 is 35.4 Å². The van der Waals surface area contributed by atoms with Gasteiger partial charge in [-0.3, -0.25) is 14.9 Å². The van der Waals surface area contributed by atoms with Crippen molar-refractivity contribution in [1.29, 1.82) is 0 Å². The van der Waals surface area contributed by atoms with Gasteiger partial charge in [0.1, 0.15) is 5.75 Å². The minimum absolute atomic E-state index is 0.0810. The van der Waals surface area contributed by atoms with E-state index in [0.29, 0.717) is 23.7 Å². The van der Waals surface area contributed by atoms with E-state index in [2.05, 4.69) is 10.5 Å².